The molecule has 1 heterocycles. The summed E-state index contributed by atoms with van der Waals surface area (Å²) in [6, 6.07) is 0.439. The number of rotatable bonds is 3. The molecule has 0 aromatic rings. The minimum atomic E-state index is 0.410. The number of ether oxygens (including phenoxy) is 1. The molecule has 0 amide bonds. The zero-order valence-electron chi connectivity index (χ0n) is 11.5. The van der Waals surface area contributed by atoms with Crippen molar-refractivity contribution in [2.24, 2.45) is 5.73 Å². The Bertz CT molecular complexity index is 228. The Morgan fingerprint density at radius 2 is 1.76 bits per heavy atom. The van der Waals surface area contributed by atoms with Crippen molar-refractivity contribution in [1.82, 2.24) is 4.90 Å². The summed E-state index contributed by atoms with van der Waals surface area (Å²) in [7, 11) is 0. The van der Waals surface area contributed by atoms with E-state index in [-0.39, 0.29) is 0 Å². The number of nitrogens with two attached hydrogens (primary N) is 1. The number of hydrogen-bond acceptors (Lipinski definition) is 3. The number of hydrogen-bond donors (Lipinski definition) is 1. The molecule has 3 nitrogen and oxygen atoms in total. The third kappa shape index (κ3) is 3.21. The lowest BCUT2D eigenvalue weighted by atomic mass is 9.79. The number of nitrogens with zero attached hydrogens (tertiary/aromatic N) is 1. The van der Waals surface area contributed by atoms with E-state index in [9.17, 15) is 0 Å². The van der Waals surface area contributed by atoms with E-state index in [1.54, 1.807) is 0 Å². The fourth-order valence-corrected chi connectivity index (χ4v) is 3.37. The monoisotopic (exact) mass is 240 g/mol. The van der Waals surface area contributed by atoms with Crippen LogP contribution in [0.15, 0.2) is 0 Å². The summed E-state index contributed by atoms with van der Waals surface area (Å²) < 4.78 is 5.74. The molecule has 0 aromatic carbocycles. The quantitative estimate of drug-likeness (QED) is 0.821. The van der Waals surface area contributed by atoms with E-state index in [0.29, 0.717) is 17.7 Å². The van der Waals surface area contributed by atoms with Crippen LogP contribution in [0.2, 0.25) is 0 Å². The third-order valence-electron chi connectivity index (χ3n) is 4.72. The molecule has 0 bridgehead atoms. The molecular weight excluding hydrogens is 212 g/mol. The molecule has 2 N–H and O–H groups in total. The van der Waals surface area contributed by atoms with Gasteiger partial charge in [0.15, 0.2) is 0 Å². The fraction of sp³-hybridized carbons (Fsp3) is 1.00. The summed E-state index contributed by atoms with van der Waals surface area (Å²) in [5, 5.41) is 0. The second kappa shape index (κ2) is 5.68. The van der Waals surface area contributed by atoms with Gasteiger partial charge in [0.2, 0.25) is 0 Å². The molecule has 17 heavy (non-hydrogen) atoms. The lowest BCUT2D eigenvalue weighted by Gasteiger charge is -2.48. The SMILES string of the molecule is CCO[C@H]1CC[C@@](C)(N2CCC(N)CC2)CC1. The van der Waals surface area contributed by atoms with E-state index in [1.807, 2.05) is 0 Å². The van der Waals surface area contributed by atoms with Crippen LogP contribution in [0, 0.1) is 0 Å². The van der Waals surface area contributed by atoms with E-state index in [1.165, 1.54) is 51.6 Å². The molecular formula is C14H28N2O. The van der Waals surface area contributed by atoms with Gasteiger partial charge in [-0.15, -0.1) is 0 Å². The summed E-state index contributed by atoms with van der Waals surface area (Å²) >= 11 is 0. The Labute approximate surface area is 106 Å². The maximum absolute atomic E-state index is 5.98. The Kier molecular flexibility index (Phi) is 4.45. The second-order valence-electron chi connectivity index (χ2n) is 5.98. The molecule has 0 spiro atoms. The highest BCUT2D eigenvalue weighted by atomic mass is 16.5. The fourth-order valence-electron chi connectivity index (χ4n) is 3.37. The van der Waals surface area contributed by atoms with Crippen LogP contribution in [0.3, 0.4) is 0 Å². The molecule has 0 aromatic heterocycles. The Hall–Kier alpha value is -0.120. The van der Waals surface area contributed by atoms with Gasteiger partial charge >= 0.3 is 0 Å². The first-order chi connectivity index (χ1) is 8.14. The van der Waals surface area contributed by atoms with Crippen molar-refractivity contribution >= 4 is 0 Å². The summed E-state index contributed by atoms with van der Waals surface area (Å²) in [5.74, 6) is 0. The average molecular weight is 240 g/mol. The van der Waals surface area contributed by atoms with Crippen LogP contribution < -0.4 is 5.73 Å². The average Bonchev–Trinajstić information content (AvgIpc) is 2.33. The van der Waals surface area contributed by atoms with Gasteiger partial charge in [-0.1, -0.05) is 0 Å². The van der Waals surface area contributed by atoms with Crippen molar-refractivity contribution in [2.45, 2.75) is 70.1 Å². The topological polar surface area (TPSA) is 38.5 Å². The largest absolute Gasteiger partial charge is 0.379 e. The normalized spacial score (nSPS) is 37.2. The molecule has 0 unspecified atom stereocenters. The third-order valence-corrected chi connectivity index (χ3v) is 4.72. The molecule has 1 saturated carbocycles. The van der Waals surface area contributed by atoms with E-state index >= 15 is 0 Å². The first kappa shape index (κ1) is 13.3. The van der Waals surface area contributed by atoms with Crippen LogP contribution in [0.25, 0.3) is 0 Å². The second-order valence-corrected chi connectivity index (χ2v) is 5.98. The van der Waals surface area contributed by atoms with Crippen LogP contribution in [-0.4, -0.2) is 42.3 Å². The van der Waals surface area contributed by atoms with Crippen molar-refractivity contribution < 1.29 is 4.74 Å². The van der Waals surface area contributed by atoms with Crippen molar-refractivity contribution in [3.63, 3.8) is 0 Å². The van der Waals surface area contributed by atoms with E-state index in [4.69, 9.17) is 10.5 Å². The highest BCUT2D eigenvalue weighted by Gasteiger charge is 2.37. The highest BCUT2D eigenvalue weighted by molar-refractivity contribution is 4.93. The molecule has 100 valence electrons. The van der Waals surface area contributed by atoms with E-state index in [2.05, 4.69) is 18.7 Å². The smallest absolute Gasteiger partial charge is 0.0576 e. The van der Waals surface area contributed by atoms with Gasteiger partial charge in [0.25, 0.3) is 0 Å². The molecule has 0 atom stereocenters. The van der Waals surface area contributed by atoms with Crippen LogP contribution >= 0.6 is 0 Å². The molecule has 1 saturated heterocycles. The van der Waals surface area contributed by atoms with Gasteiger partial charge < -0.3 is 10.5 Å². The molecule has 1 aliphatic carbocycles. The number of piperidine rings is 1. The van der Waals surface area contributed by atoms with Gasteiger partial charge in [0, 0.05) is 31.3 Å². The molecule has 3 heteroatoms. The van der Waals surface area contributed by atoms with Crippen molar-refractivity contribution in [3.8, 4) is 0 Å². The summed E-state index contributed by atoms with van der Waals surface area (Å²) in [4.78, 5) is 2.68. The molecule has 2 fully saturated rings. The van der Waals surface area contributed by atoms with Gasteiger partial charge in [0.05, 0.1) is 6.10 Å². The minimum absolute atomic E-state index is 0.410. The predicted molar refractivity (Wildman–Crippen MR) is 71.1 cm³/mol. The highest BCUT2D eigenvalue weighted by Crippen LogP contribution is 2.35. The van der Waals surface area contributed by atoms with Gasteiger partial charge in [-0.2, -0.15) is 0 Å². The zero-order chi connectivity index (χ0) is 12.3. The maximum Gasteiger partial charge on any atom is 0.0576 e. The van der Waals surface area contributed by atoms with Crippen molar-refractivity contribution in [3.05, 3.63) is 0 Å². The molecule has 2 rings (SSSR count). The number of likely N-dealkylation sites (tertiary alicyclic amines) is 1. The van der Waals surface area contributed by atoms with Crippen molar-refractivity contribution in [2.75, 3.05) is 19.7 Å². The van der Waals surface area contributed by atoms with Gasteiger partial charge in [-0.25, -0.2) is 0 Å². The molecule has 2 aliphatic rings. The summed E-state index contributed by atoms with van der Waals surface area (Å²) in [5.41, 5.74) is 6.40. The van der Waals surface area contributed by atoms with Crippen LogP contribution in [0.5, 0.6) is 0 Å². The lowest BCUT2D eigenvalue weighted by Crippen LogP contribution is -2.54. The van der Waals surface area contributed by atoms with Gasteiger partial charge in [-0.05, 0) is 52.4 Å². The predicted octanol–water partition coefficient (Wildman–Crippen LogP) is 2.15. The molecule has 0 radical (unpaired) electrons. The van der Waals surface area contributed by atoms with E-state index < -0.39 is 0 Å². The lowest BCUT2D eigenvalue weighted by molar-refractivity contribution is -0.0248. The molecule has 1 aliphatic heterocycles. The standard InChI is InChI=1S/C14H28N2O/c1-3-17-13-4-8-14(2,9-5-13)16-10-6-12(15)7-11-16/h12-13H,3-11,15H2,1-2H3/t13-,14+. The Balaban J connectivity index is 1.84. The zero-order valence-corrected chi connectivity index (χ0v) is 11.5. The first-order valence-corrected chi connectivity index (χ1v) is 7.26. The van der Waals surface area contributed by atoms with Crippen LogP contribution in [0.4, 0.5) is 0 Å². The van der Waals surface area contributed by atoms with Gasteiger partial charge in [0.1, 0.15) is 0 Å². The summed E-state index contributed by atoms with van der Waals surface area (Å²) in [6.45, 7) is 7.78. The Morgan fingerprint density at radius 3 is 2.29 bits per heavy atom. The maximum atomic E-state index is 5.98. The van der Waals surface area contributed by atoms with Crippen LogP contribution in [-0.2, 0) is 4.74 Å². The van der Waals surface area contributed by atoms with E-state index in [0.717, 1.165) is 6.61 Å². The van der Waals surface area contributed by atoms with Gasteiger partial charge in [-0.3, -0.25) is 4.90 Å². The first-order valence-electron chi connectivity index (χ1n) is 7.26. The van der Waals surface area contributed by atoms with Crippen molar-refractivity contribution in [1.29, 1.82) is 0 Å². The summed E-state index contributed by atoms with van der Waals surface area (Å²) in [6.07, 6.45) is 7.88. The van der Waals surface area contributed by atoms with Crippen LogP contribution in [0.1, 0.15) is 52.4 Å². The minimum Gasteiger partial charge on any atom is -0.379 e. The Morgan fingerprint density at radius 1 is 1.18 bits per heavy atom.